The minimum Gasteiger partial charge on any atom is -0.0654 e. The fraction of sp³-hybridized carbons (Fsp3) is 1.00. The van der Waals surface area contributed by atoms with Crippen LogP contribution in [0.1, 0.15) is 87.0 Å². The molecule has 0 N–H and O–H groups in total. The SMILES string of the molecule is CCCC(CC)(CCC)CC(C)C(C)(C)C. The van der Waals surface area contributed by atoms with E-state index in [1.807, 2.05) is 0 Å². The highest BCUT2D eigenvalue weighted by Crippen LogP contribution is 2.43. The molecule has 0 aliphatic heterocycles. The van der Waals surface area contributed by atoms with E-state index in [0.29, 0.717) is 10.8 Å². The van der Waals surface area contributed by atoms with Crippen molar-refractivity contribution in [1.29, 1.82) is 0 Å². The zero-order valence-corrected chi connectivity index (χ0v) is 12.8. The van der Waals surface area contributed by atoms with Crippen molar-refractivity contribution in [2.24, 2.45) is 16.7 Å². The van der Waals surface area contributed by atoms with Crippen LogP contribution in [0.5, 0.6) is 0 Å². The van der Waals surface area contributed by atoms with Gasteiger partial charge in [-0.15, -0.1) is 0 Å². The van der Waals surface area contributed by atoms with E-state index in [4.69, 9.17) is 0 Å². The number of rotatable bonds is 7. The molecule has 98 valence electrons. The zero-order chi connectivity index (χ0) is 12.8. The Hall–Kier alpha value is 0. The highest BCUT2D eigenvalue weighted by molar-refractivity contribution is 4.83. The average Bonchev–Trinajstić information content (AvgIpc) is 2.16. The molecular formula is C16H34. The van der Waals surface area contributed by atoms with Gasteiger partial charge in [0.05, 0.1) is 0 Å². The second-order valence-corrected chi connectivity index (χ2v) is 6.82. The van der Waals surface area contributed by atoms with E-state index in [2.05, 4.69) is 48.5 Å². The highest BCUT2D eigenvalue weighted by atomic mass is 14.4. The predicted molar refractivity (Wildman–Crippen MR) is 75.8 cm³/mol. The van der Waals surface area contributed by atoms with Gasteiger partial charge in [0.25, 0.3) is 0 Å². The summed E-state index contributed by atoms with van der Waals surface area (Å²) in [5.41, 5.74) is 1.08. The van der Waals surface area contributed by atoms with E-state index >= 15 is 0 Å². The van der Waals surface area contributed by atoms with Crippen molar-refractivity contribution in [3.63, 3.8) is 0 Å². The quantitative estimate of drug-likeness (QED) is 0.495. The van der Waals surface area contributed by atoms with Gasteiger partial charge < -0.3 is 0 Å². The third kappa shape index (κ3) is 4.89. The van der Waals surface area contributed by atoms with Crippen LogP contribution in [-0.2, 0) is 0 Å². The van der Waals surface area contributed by atoms with Crippen LogP contribution in [0.15, 0.2) is 0 Å². The Morgan fingerprint density at radius 3 is 1.56 bits per heavy atom. The first-order valence-corrected chi connectivity index (χ1v) is 7.31. The van der Waals surface area contributed by atoms with E-state index in [1.54, 1.807) is 0 Å². The first-order valence-electron chi connectivity index (χ1n) is 7.31. The van der Waals surface area contributed by atoms with Gasteiger partial charge in [0.15, 0.2) is 0 Å². The second-order valence-electron chi connectivity index (χ2n) is 6.82. The van der Waals surface area contributed by atoms with Crippen LogP contribution in [-0.4, -0.2) is 0 Å². The van der Waals surface area contributed by atoms with Crippen LogP contribution >= 0.6 is 0 Å². The maximum atomic E-state index is 2.44. The molecular weight excluding hydrogens is 192 g/mol. The Kier molecular flexibility index (Phi) is 6.67. The summed E-state index contributed by atoms with van der Waals surface area (Å²) in [4.78, 5) is 0. The van der Waals surface area contributed by atoms with E-state index in [1.165, 1.54) is 38.5 Å². The lowest BCUT2D eigenvalue weighted by Crippen LogP contribution is -2.28. The highest BCUT2D eigenvalue weighted by Gasteiger charge is 2.32. The molecule has 0 nitrogen and oxygen atoms in total. The fourth-order valence-corrected chi connectivity index (χ4v) is 2.84. The molecule has 1 atom stereocenters. The molecule has 0 aromatic heterocycles. The van der Waals surface area contributed by atoms with Crippen molar-refractivity contribution in [3.8, 4) is 0 Å². The number of hydrogen-bond acceptors (Lipinski definition) is 0. The molecule has 16 heavy (non-hydrogen) atoms. The van der Waals surface area contributed by atoms with Gasteiger partial charge in [-0.25, -0.2) is 0 Å². The molecule has 0 fully saturated rings. The summed E-state index contributed by atoms with van der Waals surface area (Å²) in [6.07, 6.45) is 8.27. The molecule has 0 saturated carbocycles. The third-order valence-corrected chi connectivity index (χ3v) is 4.53. The molecule has 0 bridgehead atoms. The summed E-state index contributed by atoms with van der Waals surface area (Å²) in [6, 6.07) is 0. The first kappa shape index (κ1) is 16.0. The maximum absolute atomic E-state index is 2.44. The van der Waals surface area contributed by atoms with E-state index in [0.717, 1.165) is 5.92 Å². The van der Waals surface area contributed by atoms with Gasteiger partial charge in [0.2, 0.25) is 0 Å². The van der Waals surface area contributed by atoms with Crippen molar-refractivity contribution >= 4 is 0 Å². The minimum atomic E-state index is 0.460. The topological polar surface area (TPSA) is 0 Å². The predicted octanol–water partition coefficient (Wildman–Crippen LogP) is 6.06. The van der Waals surface area contributed by atoms with Crippen LogP contribution in [0, 0.1) is 16.7 Å². The second kappa shape index (κ2) is 6.67. The van der Waals surface area contributed by atoms with Gasteiger partial charge in [-0.1, -0.05) is 67.7 Å². The summed E-state index contributed by atoms with van der Waals surface area (Å²) >= 11 is 0. The Labute approximate surface area is 104 Å². The van der Waals surface area contributed by atoms with E-state index in [-0.39, 0.29) is 0 Å². The van der Waals surface area contributed by atoms with Crippen LogP contribution in [0.4, 0.5) is 0 Å². The molecule has 0 saturated heterocycles. The molecule has 0 amide bonds. The molecule has 0 aliphatic carbocycles. The molecule has 0 aromatic carbocycles. The molecule has 0 radical (unpaired) electrons. The monoisotopic (exact) mass is 226 g/mol. The lowest BCUT2D eigenvalue weighted by Gasteiger charge is -2.39. The van der Waals surface area contributed by atoms with Crippen molar-refractivity contribution in [2.75, 3.05) is 0 Å². The molecule has 0 spiro atoms. The summed E-state index contributed by atoms with van der Waals surface area (Å²) in [5.74, 6) is 0.825. The Balaban J connectivity index is 4.63. The lowest BCUT2D eigenvalue weighted by atomic mass is 9.66. The summed E-state index contributed by atoms with van der Waals surface area (Å²) in [6.45, 7) is 16.7. The van der Waals surface area contributed by atoms with Crippen LogP contribution < -0.4 is 0 Å². The van der Waals surface area contributed by atoms with E-state index < -0.39 is 0 Å². The largest absolute Gasteiger partial charge is 0.0654 e. The lowest BCUT2D eigenvalue weighted by molar-refractivity contribution is 0.117. The first-order chi connectivity index (χ1) is 7.31. The van der Waals surface area contributed by atoms with Crippen LogP contribution in [0.3, 0.4) is 0 Å². The van der Waals surface area contributed by atoms with Crippen molar-refractivity contribution in [3.05, 3.63) is 0 Å². The molecule has 0 heterocycles. The third-order valence-electron chi connectivity index (χ3n) is 4.53. The maximum Gasteiger partial charge on any atom is -0.0298 e. The smallest absolute Gasteiger partial charge is 0.0298 e. The van der Waals surface area contributed by atoms with Gasteiger partial charge in [-0.2, -0.15) is 0 Å². The molecule has 0 rings (SSSR count). The molecule has 0 heteroatoms. The van der Waals surface area contributed by atoms with Crippen molar-refractivity contribution in [2.45, 2.75) is 87.0 Å². The van der Waals surface area contributed by atoms with Gasteiger partial charge in [-0.05, 0) is 36.0 Å². The summed E-state index contributed by atoms with van der Waals surface area (Å²) in [7, 11) is 0. The zero-order valence-electron chi connectivity index (χ0n) is 12.8. The Bertz CT molecular complexity index is 167. The average molecular weight is 226 g/mol. The fourth-order valence-electron chi connectivity index (χ4n) is 2.84. The summed E-state index contributed by atoms with van der Waals surface area (Å²) in [5, 5.41) is 0. The molecule has 1 unspecified atom stereocenters. The number of hydrogen-bond donors (Lipinski definition) is 0. The van der Waals surface area contributed by atoms with Crippen LogP contribution in [0.25, 0.3) is 0 Å². The van der Waals surface area contributed by atoms with Crippen molar-refractivity contribution < 1.29 is 0 Å². The molecule has 0 aliphatic rings. The Morgan fingerprint density at radius 1 is 0.875 bits per heavy atom. The van der Waals surface area contributed by atoms with Gasteiger partial charge in [0, 0.05) is 0 Å². The van der Waals surface area contributed by atoms with E-state index in [9.17, 15) is 0 Å². The minimum absolute atomic E-state index is 0.460. The summed E-state index contributed by atoms with van der Waals surface area (Å²) < 4.78 is 0. The van der Waals surface area contributed by atoms with Crippen LogP contribution in [0.2, 0.25) is 0 Å². The standard InChI is InChI=1S/C16H34/c1-8-11-16(10-3,12-9-2)13-14(4)15(5,6)7/h14H,8-13H2,1-7H3. The van der Waals surface area contributed by atoms with Gasteiger partial charge in [-0.3, -0.25) is 0 Å². The normalized spacial score (nSPS) is 15.2. The van der Waals surface area contributed by atoms with Gasteiger partial charge >= 0.3 is 0 Å². The van der Waals surface area contributed by atoms with Gasteiger partial charge in [0.1, 0.15) is 0 Å². The molecule has 0 aromatic rings. The Morgan fingerprint density at radius 2 is 1.31 bits per heavy atom. The van der Waals surface area contributed by atoms with Crippen molar-refractivity contribution in [1.82, 2.24) is 0 Å².